The van der Waals surface area contributed by atoms with Crippen molar-refractivity contribution in [2.45, 2.75) is 26.2 Å². The van der Waals surface area contributed by atoms with Crippen molar-refractivity contribution in [3.8, 4) is 0 Å². The fourth-order valence-corrected chi connectivity index (χ4v) is 2.39. The van der Waals surface area contributed by atoms with Crippen molar-refractivity contribution in [2.75, 3.05) is 25.1 Å². The third-order valence-corrected chi connectivity index (χ3v) is 3.43. The Hall–Kier alpha value is -2.14. The minimum Gasteiger partial charge on any atom is -0.393 e. The van der Waals surface area contributed by atoms with Crippen LogP contribution in [0.5, 0.6) is 0 Å². The zero-order valence-electron chi connectivity index (χ0n) is 12.9. The van der Waals surface area contributed by atoms with E-state index in [0.717, 1.165) is 36.2 Å². The number of nitrogens with one attached hydrogen (secondary N) is 1. The topological polar surface area (TPSA) is 59.9 Å². The van der Waals surface area contributed by atoms with E-state index in [1.807, 2.05) is 25.1 Å². The van der Waals surface area contributed by atoms with Gasteiger partial charge in [-0.3, -0.25) is 4.79 Å². The predicted octanol–water partition coefficient (Wildman–Crippen LogP) is 2.90. The van der Waals surface area contributed by atoms with E-state index in [2.05, 4.69) is 17.1 Å². The van der Waals surface area contributed by atoms with Gasteiger partial charge in [0.15, 0.2) is 0 Å². The van der Waals surface area contributed by atoms with E-state index in [4.69, 9.17) is 9.57 Å². The minimum absolute atomic E-state index is 0.205. The molecule has 0 fully saturated rings. The lowest BCUT2D eigenvalue weighted by Crippen LogP contribution is -2.14. The Morgan fingerprint density at radius 3 is 3.05 bits per heavy atom. The van der Waals surface area contributed by atoms with Crippen molar-refractivity contribution in [3.05, 3.63) is 42.0 Å². The van der Waals surface area contributed by atoms with Gasteiger partial charge in [0.05, 0.1) is 12.3 Å². The van der Waals surface area contributed by atoms with Crippen molar-refractivity contribution < 1.29 is 14.4 Å². The monoisotopic (exact) mass is 302 g/mol. The van der Waals surface area contributed by atoms with E-state index in [0.29, 0.717) is 19.8 Å². The van der Waals surface area contributed by atoms with Gasteiger partial charge in [-0.2, -0.15) is 0 Å². The molecule has 0 unspecified atom stereocenters. The first-order valence-corrected chi connectivity index (χ1v) is 7.58. The van der Waals surface area contributed by atoms with Gasteiger partial charge >= 0.3 is 0 Å². The number of hydrogen-bond donors (Lipinski definition) is 1. The van der Waals surface area contributed by atoms with Crippen molar-refractivity contribution >= 4 is 17.3 Å². The summed E-state index contributed by atoms with van der Waals surface area (Å²) < 4.78 is 5.21. The summed E-state index contributed by atoms with van der Waals surface area (Å²) in [5.41, 5.74) is 4.01. The number of carbonyl (C=O) groups excluding carboxylic acids is 1. The smallest absolute Gasteiger partial charge is 0.247 e. The molecule has 0 spiro atoms. The number of anilines is 1. The quantitative estimate of drug-likeness (QED) is 0.478. The summed E-state index contributed by atoms with van der Waals surface area (Å²) in [5, 5.41) is 7.01. The van der Waals surface area contributed by atoms with E-state index in [1.165, 1.54) is 11.6 Å². The lowest BCUT2D eigenvalue weighted by atomic mass is 9.90. The van der Waals surface area contributed by atoms with Gasteiger partial charge in [-0.25, -0.2) is 0 Å². The number of aryl methyl sites for hydroxylation is 1. The molecule has 0 saturated heterocycles. The number of amides is 1. The Bertz CT molecular complexity index is 567. The van der Waals surface area contributed by atoms with Crippen molar-refractivity contribution in [2.24, 2.45) is 5.16 Å². The molecular formula is C17H22N2O3. The van der Waals surface area contributed by atoms with Gasteiger partial charge in [-0.05, 0) is 50.0 Å². The predicted molar refractivity (Wildman–Crippen MR) is 87.2 cm³/mol. The molecule has 0 radical (unpaired) electrons. The first kappa shape index (κ1) is 16.2. The molecule has 0 heterocycles. The first-order valence-electron chi connectivity index (χ1n) is 7.58. The van der Waals surface area contributed by atoms with E-state index in [9.17, 15) is 4.79 Å². The zero-order valence-corrected chi connectivity index (χ0v) is 12.9. The number of fused-ring (bicyclic) bond motifs is 1. The molecule has 1 N–H and O–H groups in total. The van der Waals surface area contributed by atoms with Gasteiger partial charge in [-0.15, -0.1) is 0 Å². The van der Waals surface area contributed by atoms with Crippen LogP contribution in [0.4, 0.5) is 5.69 Å². The number of carbonyl (C=O) groups is 1. The van der Waals surface area contributed by atoms with Gasteiger partial charge in [0, 0.05) is 17.9 Å². The molecule has 1 aliphatic carbocycles. The van der Waals surface area contributed by atoms with E-state index in [-0.39, 0.29) is 5.91 Å². The van der Waals surface area contributed by atoms with Crippen LogP contribution >= 0.6 is 0 Å². The molecule has 0 bridgehead atoms. The van der Waals surface area contributed by atoms with E-state index < -0.39 is 0 Å². The van der Waals surface area contributed by atoms with Crippen LogP contribution in [0.1, 0.15) is 30.9 Å². The standard InChI is InChI=1S/C17H22N2O3/c1-3-17(20)18-14-8-9-15-13(12-14)6-5-7-16(15)19-22-11-10-21-4-2/h3,8-9,12H,1,4-7,10-11H2,2H3,(H,18,20). The second-order valence-electron chi connectivity index (χ2n) is 4.99. The molecule has 22 heavy (non-hydrogen) atoms. The highest BCUT2D eigenvalue weighted by Gasteiger charge is 2.16. The van der Waals surface area contributed by atoms with Gasteiger partial charge in [0.1, 0.15) is 6.61 Å². The van der Waals surface area contributed by atoms with Gasteiger partial charge in [0.2, 0.25) is 5.91 Å². The molecule has 1 aromatic rings. The zero-order chi connectivity index (χ0) is 15.8. The molecular weight excluding hydrogens is 280 g/mol. The lowest BCUT2D eigenvalue weighted by Gasteiger charge is -2.18. The lowest BCUT2D eigenvalue weighted by molar-refractivity contribution is -0.111. The molecule has 118 valence electrons. The van der Waals surface area contributed by atoms with E-state index in [1.54, 1.807) is 0 Å². The number of nitrogens with zero attached hydrogens (tertiary/aromatic N) is 1. The summed E-state index contributed by atoms with van der Waals surface area (Å²) in [6.45, 7) is 7.09. The molecule has 0 aliphatic heterocycles. The van der Waals surface area contributed by atoms with Gasteiger partial charge < -0.3 is 14.9 Å². The van der Waals surface area contributed by atoms with Crippen LogP contribution in [0, 0.1) is 0 Å². The molecule has 2 rings (SSSR count). The largest absolute Gasteiger partial charge is 0.393 e. The highest BCUT2D eigenvalue weighted by atomic mass is 16.6. The van der Waals surface area contributed by atoms with Crippen molar-refractivity contribution in [3.63, 3.8) is 0 Å². The summed E-state index contributed by atoms with van der Waals surface area (Å²) in [7, 11) is 0. The maximum absolute atomic E-state index is 11.4. The summed E-state index contributed by atoms with van der Waals surface area (Å²) in [4.78, 5) is 16.7. The summed E-state index contributed by atoms with van der Waals surface area (Å²) in [5.74, 6) is -0.205. The average molecular weight is 302 g/mol. The summed E-state index contributed by atoms with van der Waals surface area (Å²) in [6.07, 6.45) is 4.17. The van der Waals surface area contributed by atoms with Crippen LogP contribution in [0.15, 0.2) is 36.0 Å². The Morgan fingerprint density at radius 2 is 2.27 bits per heavy atom. The van der Waals surface area contributed by atoms with Crippen molar-refractivity contribution in [1.82, 2.24) is 0 Å². The molecule has 1 aromatic carbocycles. The summed E-state index contributed by atoms with van der Waals surface area (Å²) >= 11 is 0. The van der Waals surface area contributed by atoms with Gasteiger partial charge in [0.25, 0.3) is 0 Å². The normalized spacial score (nSPS) is 15.2. The average Bonchev–Trinajstić information content (AvgIpc) is 2.54. The number of benzene rings is 1. The number of hydrogen-bond acceptors (Lipinski definition) is 4. The van der Waals surface area contributed by atoms with Crippen molar-refractivity contribution in [1.29, 1.82) is 0 Å². The van der Waals surface area contributed by atoms with Crippen LogP contribution < -0.4 is 5.32 Å². The second-order valence-corrected chi connectivity index (χ2v) is 4.99. The Balaban J connectivity index is 2.05. The SMILES string of the molecule is C=CC(=O)Nc1ccc2c(c1)CCCC2=NOCCOCC. The Morgan fingerprint density at radius 1 is 1.41 bits per heavy atom. The fourth-order valence-electron chi connectivity index (χ4n) is 2.39. The molecule has 0 atom stereocenters. The molecule has 5 nitrogen and oxygen atoms in total. The Kier molecular flexibility index (Phi) is 6.15. The maximum atomic E-state index is 11.4. The van der Waals surface area contributed by atoms with Crippen LogP contribution in [0.3, 0.4) is 0 Å². The number of ether oxygens (including phenoxy) is 1. The van der Waals surface area contributed by atoms with Crippen LogP contribution in [-0.4, -0.2) is 31.4 Å². The highest BCUT2D eigenvalue weighted by Crippen LogP contribution is 2.25. The third-order valence-electron chi connectivity index (χ3n) is 3.43. The Labute approximate surface area is 131 Å². The molecule has 1 amide bonds. The van der Waals surface area contributed by atoms with Crippen LogP contribution in [0.2, 0.25) is 0 Å². The van der Waals surface area contributed by atoms with Crippen LogP contribution in [-0.2, 0) is 20.8 Å². The summed E-state index contributed by atoms with van der Waals surface area (Å²) in [6, 6.07) is 5.85. The second kappa shape index (κ2) is 8.34. The molecule has 5 heteroatoms. The number of oxime groups is 1. The third kappa shape index (κ3) is 4.43. The van der Waals surface area contributed by atoms with Gasteiger partial charge in [-0.1, -0.05) is 17.8 Å². The maximum Gasteiger partial charge on any atom is 0.247 e. The molecule has 1 aliphatic rings. The highest BCUT2D eigenvalue weighted by molar-refractivity contribution is 6.03. The number of rotatable bonds is 7. The fraction of sp³-hybridized carbons (Fsp3) is 0.412. The minimum atomic E-state index is -0.205. The first-order chi connectivity index (χ1) is 10.7. The molecule has 0 aromatic heterocycles. The van der Waals surface area contributed by atoms with E-state index >= 15 is 0 Å². The molecule has 0 saturated carbocycles. The van der Waals surface area contributed by atoms with Crippen LogP contribution in [0.25, 0.3) is 0 Å².